The van der Waals surface area contributed by atoms with Crippen LogP contribution in [0.4, 0.5) is 5.69 Å². The zero-order valence-corrected chi connectivity index (χ0v) is 7.88. The second-order valence-electron chi connectivity index (χ2n) is 3.00. The van der Waals surface area contributed by atoms with Gasteiger partial charge in [-0.15, -0.1) is 0 Å². The SMILES string of the molecule is NC(=Nc1cnc2ccccc2c1)NO. The molecule has 4 N–H and O–H groups in total. The Hall–Kier alpha value is -2.14. The van der Waals surface area contributed by atoms with Crippen molar-refractivity contribution >= 4 is 22.5 Å². The normalized spacial score (nSPS) is 11.7. The van der Waals surface area contributed by atoms with E-state index in [0.717, 1.165) is 10.9 Å². The van der Waals surface area contributed by atoms with Gasteiger partial charge >= 0.3 is 0 Å². The van der Waals surface area contributed by atoms with Gasteiger partial charge in [-0.05, 0) is 12.1 Å². The highest BCUT2D eigenvalue weighted by Gasteiger charge is 1.96. The maximum absolute atomic E-state index is 8.48. The zero-order valence-electron chi connectivity index (χ0n) is 7.88. The van der Waals surface area contributed by atoms with E-state index in [1.165, 1.54) is 0 Å². The quantitative estimate of drug-likeness (QED) is 0.368. The maximum Gasteiger partial charge on any atom is 0.218 e. The number of nitrogens with two attached hydrogens (primary N) is 1. The number of para-hydroxylation sites is 1. The number of aliphatic imine (C=N–C) groups is 1. The molecule has 0 spiro atoms. The summed E-state index contributed by atoms with van der Waals surface area (Å²) in [7, 11) is 0. The van der Waals surface area contributed by atoms with Crippen LogP contribution in [0.25, 0.3) is 10.9 Å². The Balaban J connectivity index is 2.47. The maximum atomic E-state index is 8.48. The first-order valence-electron chi connectivity index (χ1n) is 4.38. The van der Waals surface area contributed by atoms with Crippen LogP contribution < -0.4 is 11.2 Å². The fourth-order valence-electron chi connectivity index (χ4n) is 1.28. The third-order valence-corrected chi connectivity index (χ3v) is 1.94. The van der Waals surface area contributed by atoms with Gasteiger partial charge in [0.15, 0.2) is 0 Å². The minimum atomic E-state index is -0.0629. The number of pyridine rings is 1. The van der Waals surface area contributed by atoms with E-state index in [0.29, 0.717) is 5.69 Å². The lowest BCUT2D eigenvalue weighted by Gasteiger charge is -1.99. The van der Waals surface area contributed by atoms with E-state index in [9.17, 15) is 0 Å². The fourth-order valence-corrected chi connectivity index (χ4v) is 1.28. The number of hydroxylamine groups is 1. The van der Waals surface area contributed by atoms with Crippen LogP contribution in [0.15, 0.2) is 41.5 Å². The minimum absolute atomic E-state index is 0.0629. The molecule has 0 aliphatic rings. The molecule has 1 aromatic carbocycles. The second kappa shape index (κ2) is 3.93. The molecule has 1 heterocycles. The summed E-state index contributed by atoms with van der Waals surface area (Å²) in [6, 6.07) is 9.53. The lowest BCUT2D eigenvalue weighted by atomic mass is 10.2. The first kappa shape index (κ1) is 9.42. The van der Waals surface area contributed by atoms with Crippen molar-refractivity contribution in [1.82, 2.24) is 10.5 Å². The Bertz CT molecular complexity index is 510. The number of benzene rings is 1. The zero-order chi connectivity index (χ0) is 10.7. The largest absolute Gasteiger partial charge is 0.368 e. The highest BCUT2D eigenvalue weighted by Crippen LogP contribution is 2.17. The number of nitrogens with one attached hydrogen (secondary N) is 1. The summed E-state index contributed by atoms with van der Waals surface area (Å²) in [5.41, 5.74) is 8.56. The highest BCUT2D eigenvalue weighted by molar-refractivity contribution is 5.84. The lowest BCUT2D eigenvalue weighted by Crippen LogP contribution is -2.27. The van der Waals surface area contributed by atoms with E-state index in [1.54, 1.807) is 11.7 Å². The van der Waals surface area contributed by atoms with Crippen LogP contribution in [0.5, 0.6) is 0 Å². The van der Waals surface area contributed by atoms with E-state index in [2.05, 4.69) is 9.98 Å². The average molecular weight is 202 g/mol. The van der Waals surface area contributed by atoms with E-state index in [-0.39, 0.29) is 5.96 Å². The van der Waals surface area contributed by atoms with Gasteiger partial charge in [0.25, 0.3) is 0 Å². The number of hydrogen-bond acceptors (Lipinski definition) is 3. The molecule has 1 aromatic heterocycles. The Labute approximate surface area is 86.2 Å². The van der Waals surface area contributed by atoms with Gasteiger partial charge in [0.2, 0.25) is 5.96 Å². The smallest absolute Gasteiger partial charge is 0.218 e. The first-order valence-corrected chi connectivity index (χ1v) is 4.38. The highest BCUT2D eigenvalue weighted by atomic mass is 16.5. The monoisotopic (exact) mass is 202 g/mol. The summed E-state index contributed by atoms with van der Waals surface area (Å²) in [5.74, 6) is -0.0629. The van der Waals surface area contributed by atoms with Crippen molar-refractivity contribution in [2.45, 2.75) is 0 Å². The number of aromatic nitrogens is 1. The van der Waals surface area contributed by atoms with Gasteiger partial charge < -0.3 is 5.73 Å². The van der Waals surface area contributed by atoms with Gasteiger partial charge in [-0.25, -0.2) is 10.5 Å². The van der Waals surface area contributed by atoms with Crippen molar-refractivity contribution in [2.24, 2.45) is 10.7 Å². The van der Waals surface area contributed by atoms with Gasteiger partial charge in [-0.1, -0.05) is 18.2 Å². The number of nitrogens with zero attached hydrogens (tertiary/aromatic N) is 2. The molecule has 2 aromatic rings. The molecular weight excluding hydrogens is 192 g/mol. The van der Waals surface area contributed by atoms with Gasteiger partial charge in [0.05, 0.1) is 17.4 Å². The van der Waals surface area contributed by atoms with Gasteiger partial charge in [-0.3, -0.25) is 10.2 Å². The molecule has 0 amide bonds. The van der Waals surface area contributed by atoms with E-state index in [4.69, 9.17) is 10.9 Å². The molecule has 0 saturated heterocycles. The van der Waals surface area contributed by atoms with Crippen molar-refractivity contribution in [3.8, 4) is 0 Å². The van der Waals surface area contributed by atoms with E-state index in [1.807, 2.05) is 30.3 Å². The minimum Gasteiger partial charge on any atom is -0.368 e. The Kier molecular flexibility index (Phi) is 2.47. The Morgan fingerprint density at radius 3 is 3.00 bits per heavy atom. The number of hydrogen-bond donors (Lipinski definition) is 3. The molecule has 2 rings (SSSR count). The van der Waals surface area contributed by atoms with Gasteiger partial charge in [-0.2, -0.15) is 0 Å². The Morgan fingerprint density at radius 2 is 2.20 bits per heavy atom. The molecule has 0 radical (unpaired) electrons. The number of guanidine groups is 1. The topological polar surface area (TPSA) is 83.5 Å². The van der Waals surface area contributed by atoms with Crippen molar-refractivity contribution in [2.75, 3.05) is 0 Å². The van der Waals surface area contributed by atoms with Crippen LogP contribution in [0.3, 0.4) is 0 Å². The summed E-state index contributed by atoms with van der Waals surface area (Å²) in [4.78, 5) is 8.09. The lowest BCUT2D eigenvalue weighted by molar-refractivity contribution is 0.233. The predicted octanol–water partition coefficient (Wildman–Crippen LogP) is 1.16. The van der Waals surface area contributed by atoms with E-state index < -0.39 is 0 Å². The number of rotatable bonds is 1. The molecular formula is C10H10N4O. The third-order valence-electron chi connectivity index (χ3n) is 1.94. The number of fused-ring (bicyclic) bond motifs is 1. The molecule has 5 heteroatoms. The standard InChI is InChI=1S/C10H10N4O/c11-10(14-15)13-8-5-7-3-1-2-4-9(7)12-6-8/h1-6,15H,(H3,11,13,14). The molecule has 0 aliphatic carbocycles. The average Bonchev–Trinajstić information content (AvgIpc) is 2.29. The van der Waals surface area contributed by atoms with Gasteiger partial charge in [0.1, 0.15) is 0 Å². The van der Waals surface area contributed by atoms with Crippen LogP contribution in [0, 0.1) is 0 Å². The molecule has 5 nitrogen and oxygen atoms in total. The molecule has 0 unspecified atom stereocenters. The molecule has 0 saturated carbocycles. The summed E-state index contributed by atoms with van der Waals surface area (Å²) in [6.45, 7) is 0. The van der Waals surface area contributed by atoms with Crippen LogP contribution in [0.1, 0.15) is 0 Å². The predicted molar refractivity (Wildman–Crippen MR) is 57.9 cm³/mol. The van der Waals surface area contributed by atoms with Crippen molar-refractivity contribution in [3.05, 3.63) is 36.5 Å². The molecule has 15 heavy (non-hydrogen) atoms. The molecule has 76 valence electrons. The van der Waals surface area contributed by atoms with Crippen LogP contribution in [-0.4, -0.2) is 16.2 Å². The third kappa shape index (κ3) is 2.03. The fraction of sp³-hybridized carbons (Fsp3) is 0. The summed E-state index contributed by atoms with van der Waals surface area (Å²) in [6.07, 6.45) is 1.59. The molecule has 0 aliphatic heterocycles. The van der Waals surface area contributed by atoms with Gasteiger partial charge in [0, 0.05) is 5.39 Å². The second-order valence-corrected chi connectivity index (χ2v) is 3.00. The molecule has 0 fully saturated rings. The summed E-state index contributed by atoms with van der Waals surface area (Å²) in [5, 5.41) is 9.46. The summed E-state index contributed by atoms with van der Waals surface area (Å²) < 4.78 is 0. The first-order chi connectivity index (χ1) is 7.29. The van der Waals surface area contributed by atoms with Crippen molar-refractivity contribution in [1.29, 1.82) is 0 Å². The molecule has 0 atom stereocenters. The molecule has 0 bridgehead atoms. The van der Waals surface area contributed by atoms with Crippen molar-refractivity contribution < 1.29 is 5.21 Å². The Morgan fingerprint density at radius 1 is 1.40 bits per heavy atom. The van der Waals surface area contributed by atoms with Crippen LogP contribution in [0.2, 0.25) is 0 Å². The van der Waals surface area contributed by atoms with E-state index >= 15 is 0 Å². The van der Waals surface area contributed by atoms with Crippen LogP contribution in [-0.2, 0) is 0 Å². The van der Waals surface area contributed by atoms with Crippen LogP contribution >= 0.6 is 0 Å². The summed E-state index contributed by atoms with van der Waals surface area (Å²) >= 11 is 0. The van der Waals surface area contributed by atoms with Crippen molar-refractivity contribution in [3.63, 3.8) is 0 Å².